The van der Waals surface area contributed by atoms with E-state index in [-0.39, 0.29) is 0 Å². The molecule has 0 atom stereocenters. The molecule has 0 radical (unpaired) electrons. The third-order valence-electron chi connectivity index (χ3n) is 2.47. The van der Waals surface area contributed by atoms with Crippen molar-refractivity contribution in [2.45, 2.75) is 6.10 Å². The van der Waals surface area contributed by atoms with E-state index < -0.39 is 0 Å². The summed E-state index contributed by atoms with van der Waals surface area (Å²) >= 11 is 0. The first-order valence-electron chi connectivity index (χ1n) is 4.76. The second-order valence-corrected chi connectivity index (χ2v) is 3.52. The molecule has 3 heteroatoms. The molecule has 0 unspecified atom stereocenters. The molecule has 2 aromatic rings. The van der Waals surface area contributed by atoms with Gasteiger partial charge in [0.05, 0.1) is 6.26 Å². The number of rotatable bonds is 2. The van der Waals surface area contributed by atoms with Crippen molar-refractivity contribution in [3.8, 4) is 5.75 Å². The predicted molar refractivity (Wildman–Crippen MR) is 53.5 cm³/mol. The van der Waals surface area contributed by atoms with Crippen molar-refractivity contribution >= 4 is 11.0 Å². The number of fused-ring (bicyclic) bond motifs is 1. The van der Waals surface area contributed by atoms with Gasteiger partial charge in [0.15, 0.2) is 0 Å². The average molecular weight is 189 g/mol. The van der Waals surface area contributed by atoms with Crippen LogP contribution in [0.25, 0.3) is 11.0 Å². The van der Waals surface area contributed by atoms with Gasteiger partial charge in [0.1, 0.15) is 17.4 Å². The lowest BCUT2D eigenvalue weighted by Gasteiger charge is -2.27. The quantitative estimate of drug-likeness (QED) is 0.782. The highest BCUT2D eigenvalue weighted by atomic mass is 16.5. The van der Waals surface area contributed by atoms with Crippen LogP contribution in [0.4, 0.5) is 0 Å². The fourth-order valence-electron chi connectivity index (χ4n) is 1.56. The first-order chi connectivity index (χ1) is 6.92. The van der Waals surface area contributed by atoms with Crippen LogP contribution < -0.4 is 10.1 Å². The fourth-order valence-corrected chi connectivity index (χ4v) is 1.56. The maximum Gasteiger partial charge on any atom is 0.134 e. The van der Waals surface area contributed by atoms with E-state index >= 15 is 0 Å². The zero-order valence-corrected chi connectivity index (χ0v) is 7.69. The van der Waals surface area contributed by atoms with Gasteiger partial charge < -0.3 is 14.5 Å². The van der Waals surface area contributed by atoms with E-state index in [4.69, 9.17) is 9.15 Å². The molecule has 1 aliphatic heterocycles. The van der Waals surface area contributed by atoms with Gasteiger partial charge in [-0.3, -0.25) is 0 Å². The molecule has 1 aromatic carbocycles. The van der Waals surface area contributed by atoms with Crippen molar-refractivity contribution in [1.29, 1.82) is 0 Å². The Bertz CT molecular complexity index is 445. The van der Waals surface area contributed by atoms with Crippen molar-refractivity contribution in [3.63, 3.8) is 0 Å². The molecule has 2 heterocycles. The molecule has 1 saturated heterocycles. The molecular formula is C11H11NO2. The van der Waals surface area contributed by atoms with Gasteiger partial charge in [0, 0.05) is 18.5 Å². The summed E-state index contributed by atoms with van der Waals surface area (Å²) in [5, 5.41) is 4.26. The molecule has 3 nitrogen and oxygen atoms in total. The summed E-state index contributed by atoms with van der Waals surface area (Å²) in [5.41, 5.74) is 0.907. The molecule has 0 aliphatic carbocycles. The van der Waals surface area contributed by atoms with Crippen molar-refractivity contribution in [3.05, 3.63) is 30.5 Å². The van der Waals surface area contributed by atoms with Gasteiger partial charge in [-0.2, -0.15) is 0 Å². The highest BCUT2D eigenvalue weighted by molar-refractivity contribution is 5.78. The molecule has 0 amide bonds. The first kappa shape index (κ1) is 7.88. The second kappa shape index (κ2) is 3.03. The van der Waals surface area contributed by atoms with Gasteiger partial charge in [0.2, 0.25) is 0 Å². The summed E-state index contributed by atoms with van der Waals surface area (Å²) in [6.45, 7) is 1.90. The molecule has 1 aromatic heterocycles. The first-order valence-corrected chi connectivity index (χ1v) is 4.76. The summed E-state index contributed by atoms with van der Waals surface area (Å²) in [6, 6.07) is 7.85. The lowest BCUT2D eigenvalue weighted by atomic mass is 10.2. The third-order valence-corrected chi connectivity index (χ3v) is 2.47. The van der Waals surface area contributed by atoms with Crippen LogP contribution in [-0.2, 0) is 0 Å². The smallest absolute Gasteiger partial charge is 0.134 e. The largest absolute Gasteiger partial charge is 0.488 e. The van der Waals surface area contributed by atoms with Crippen molar-refractivity contribution in [1.82, 2.24) is 5.32 Å². The van der Waals surface area contributed by atoms with Gasteiger partial charge >= 0.3 is 0 Å². The minimum absolute atomic E-state index is 0.333. The summed E-state index contributed by atoms with van der Waals surface area (Å²) in [7, 11) is 0. The van der Waals surface area contributed by atoms with E-state index in [1.54, 1.807) is 6.26 Å². The van der Waals surface area contributed by atoms with Crippen LogP contribution in [-0.4, -0.2) is 19.2 Å². The lowest BCUT2D eigenvalue weighted by Crippen LogP contribution is -2.50. The Morgan fingerprint density at radius 2 is 2.21 bits per heavy atom. The normalized spacial score (nSPS) is 16.9. The molecule has 0 spiro atoms. The van der Waals surface area contributed by atoms with Crippen LogP contribution in [0.1, 0.15) is 0 Å². The molecule has 1 N–H and O–H groups in total. The zero-order valence-electron chi connectivity index (χ0n) is 7.69. The standard InChI is InChI=1S/C11H11NO2/c1-2-11-8(3-4-13-11)5-9(1)14-10-6-12-7-10/h1-5,10,12H,6-7H2. The highest BCUT2D eigenvalue weighted by Gasteiger charge is 2.18. The van der Waals surface area contributed by atoms with Gasteiger partial charge in [-0.05, 0) is 24.3 Å². The molecule has 1 aliphatic rings. The maximum absolute atomic E-state index is 5.72. The molecule has 0 bridgehead atoms. The van der Waals surface area contributed by atoms with Gasteiger partial charge in [-0.1, -0.05) is 0 Å². The Balaban J connectivity index is 1.88. The Morgan fingerprint density at radius 3 is 3.00 bits per heavy atom. The van der Waals surface area contributed by atoms with E-state index in [1.165, 1.54) is 0 Å². The molecule has 14 heavy (non-hydrogen) atoms. The molecule has 1 fully saturated rings. The number of ether oxygens (including phenoxy) is 1. The van der Waals surface area contributed by atoms with Crippen LogP contribution in [0.5, 0.6) is 5.75 Å². The average Bonchev–Trinajstić information content (AvgIpc) is 2.58. The maximum atomic E-state index is 5.72. The van der Waals surface area contributed by atoms with E-state index in [9.17, 15) is 0 Å². The van der Waals surface area contributed by atoms with E-state index in [0.29, 0.717) is 6.10 Å². The van der Waals surface area contributed by atoms with Crippen molar-refractivity contribution < 1.29 is 9.15 Å². The van der Waals surface area contributed by atoms with Gasteiger partial charge in [-0.25, -0.2) is 0 Å². The Morgan fingerprint density at radius 1 is 1.29 bits per heavy atom. The van der Waals surface area contributed by atoms with E-state index in [2.05, 4.69) is 5.32 Å². The predicted octanol–water partition coefficient (Wildman–Crippen LogP) is 1.78. The number of benzene rings is 1. The number of hydrogen-bond donors (Lipinski definition) is 1. The minimum Gasteiger partial charge on any atom is -0.488 e. The fraction of sp³-hybridized carbons (Fsp3) is 0.273. The monoisotopic (exact) mass is 189 g/mol. The SMILES string of the molecule is c1cc2cc(OC3CNC3)ccc2o1. The Hall–Kier alpha value is -1.48. The van der Waals surface area contributed by atoms with E-state index in [0.717, 1.165) is 29.8 Å². The van der Waals surface area contributed by atoms with Crippen LogP contribution in [0.3, 0.4) is 0 Å². The number of hydrogen-bond acceptors (Lipinski definition) is 3. The topological polar surface area (TPSA) is 34.4 Å². The van der Waals surface area contributed by atoms with Crippen molar-refractivity contribution in [2.75, 3.05) is 13.1 Å². The Kier molecular flexibility index (Phi) is 1.70. The summed E-state index contributed by atoms with van der Waals surface area (Å²) in [6.07, 6.45) is 2.03. The minimum atomic E-state index is 0.333. The lowest BCUT2D eigenvalue weighted by molar-refractivity contribution is 0.142. The van der Waals surface area contributed by atoms with Gasteiger partial charge in [-0.15, -0.1) is 0 Å². The van der Waals surface area contributed by atoms with Crippen molar-refractivity contribution in [2.24, 2.45) is 0 Å². The van der Waals surface area contributed by atoms with Crippen LogP contribution in [0.2, 0.25) is 0 Å². The number of nitrogens with one attached hydrogen (secondary N) is 1. The Labute approximate surface area is 81.7 Å². The van der Waals surface area contributed by atoms with Gasteiger partial charge in [0.25, 0.3) is 0 Å². The molecular weight excluding hydrogens is 178 g/mol. The highest BCUT2D eigenvalue weighted by Crippen LogP contribution is 2.22. The summed E-state index contributed by atoms with van der Waals surface area (Å²) in [5.74, 6) is 0.922. The van der Waals surface area contributed by atoms with E-state index in [1.807, 2.05) is 24.3 Å². The summed E-state index contributed by atoms with van der Waals surface area (Å²) in [4.78, 5) is 0. The zero-order chi connectivity index (χ0) is 9.38. The number of furan rings is 1. The third kappa shape index (κ3) is 1.26. The molecule has 3 rings (SSSR count). The summed E-state index contributed by atoms with van der Waals surface area (Å²) < 4.78 is 11.0. The van der Waals surface area contributed by atoms with Crippen LogP contribution in [0, 0.1) is 0 Å². The molecule has 72 valence electrons. The second-order valence-electron chi connectivity index (χ2n) is 3.52. The molecule has 0 saturated carbocycles. The van der Waals surface area contributed by atoms with Crippen LogP contribution in [0.15, 0.2) is 34.9 Å². The van der Waals surface area contributed by atoms with Crippen LogP contribution >= 0.6 is 0 Å².